The molecule has 2 nitrogen and oxygen atoms in total. The number of hydrogen-bond acceptors (Lipinski definition) is 3. The van der Waals surface area contributed by atoms with Crippen molar-refractivity contribution in [3.8, 4) is 0 Å². The van der Waals surface area contributed by atoms with E-state index in [1.807, 2.05) is 11.8 Å². The minimum absolute atomic E-state index is 0.314. The third kappa shape index (κ3) is 9.21. The number of hydrogen-bond donors (Lipinski definition) is 2. The maximum absolute atomic E-state index is 8.82. The zero-order chi connectivity index (χ0) is 11.5. The van der Waals surface area contributed by atoms with Crippen LogP contribution in [0, 0.1) is 0 Å². The molecule has 0 saturated carbocycles. The first-order valence-corrected chi connectivity index (χ1v) is 7.25. The van der Waals surface area contributed by atoms with E-state index >= 15 is 0 Å². The molecule has 0 aromatic carbocycles. The number of aliphatic hydroxyl groups excluding tert-OH is 1. The van der Waals surface area contributed by atoms with Crippen molar-refractivity contribution in [3.63, 3.8) is 0 Å². The maximum Gasteiger partial charge on any atom is 0.0441 e. The molecule has 0 spiro atoms. The summed E-state index contributed by atoms with van der Waals surface area (Å²) in [5.74, 6) is 1.18. The number of nitrogens with one attached hydrogen (secondary N) is 1. The molecule has 0 rings (SSSR count). The third-order valence-corrected chi connectivity index (χ3v) is 3.84. The van der Waals surface area contributed by atoms with Gasteiger partial charge in [0.25, 0.3) is 0 Å². The van der Waals surface area contributed by atoms with E-state index in [-0.39, 0.29) is 0 Å². The predicted molar refractivity (Wildman–Crippen MR) is 70.6 cm³/mol. The average molecular weight is 233 g/mol. The summed E-state index contributed by atoms with van der Waals surface area (Å²) in [4.78, 5) is 0. The summed E-state index contributed by atoms with van der Waals surface area (Å²) in [6.07, 6.45) is 4.63. The van der Waals surface area contributed by atoms with E-state index in [0.717, 1.165) is 13.0 Å². The minimum atomic E-state index is 0.314. The summed E-state index contributed by atoms with van der Waals surface area (Å²) in [7, 11) is 0. The summed E-state index contributed by atoms with van der Waals surface area (Å²) in [5.41, 5.74) is 0. The van der Waals surface area contributed by atoms with Crippen molar-refractivity contribution in [3.05, 3.63) is 0 Å². The van der Waals surface area contributed by atoms with Crippen molar-refractivity contribution < 1.29 is 5.11 Å². The van der Waals surface area contributed by atoms with Crippen LogP contribution < -0.4 is 5.32 Å². The Morgan fingerprint density at radius 2 is 1.93 bits per heavy atom. The summed E-state index contributed by atoms with van der Waals surface area (Å²) < 4.78 is 0. The predicted octanol–water partition coefficient (Wildman–Crippen LogP) is 2.66. The molecule has 3 heteroatoms. The molecular weight excluding hydrogens is 206 g/mol. The maximum atomic E-state index is 8.82. The molecule has 0 bridgehead atoms. The van der Waals surface area contributed by atoms with Gasteiger partial charge in [-0.15, -0.1) is 0 Å². The van der Waals surface area contributed by atoms with Crippen LogP contribution in [0.2, 0.25) is 0 Å². The molecule has 0 heterocycles. The van der Waals surface area contributed by atoms with E-state index in [4.69, 9.17) is 5.11 Å². The summed E-state index contributed by atoms with van der Waals surface area (Å²) in [6, 6.07) is 0.654. The van der Waals surface area contributed by atoms with Crippen molar-refractivity contribution in [1.82, 2.24) is 5.32 Å². The van der Waals surface area contributed by atoms with E-state index in [0.29, 0.717) is 17.9 Å². The standard InChI is InChI=1S/C12H27NOS/c1-4-6-12(13-8-5-2)10-15-11(3)7-9-14/h11-14H,4-10H2,1-3H3. The fourth-order valence-corrected chi connectivity index (χ4v) is 2.60. The lowest BCUT2D eigenvalue weighted by Crippen LogP contribution is -2.32. The molecule has 0 aliphatic carbocycles. The van der Waals surface area contributed by atoms with Crippen molar-refractivity contribution in [2.24, 2.45) is 0 Å². The molecular formula is C12H27NOS. The Morgan fingerprint density at radius 3 is 2.47 bits per heavy atom. The average Bonchev–Trinajstić information content (AvgIpc) is 2.22. The smallest absolute Gasteiger partial charge is 0.0441 e. The highest BCUT2D eigenvalue weighted by Gasteiger charge is 2.09. The monoisotopic (exact) mass is 233 g/mol. The molecule has 2 N–H and O–H groups in total. The Morgan fingerprint density at radius 1 is 1.20 bits per heavy atom. The summed E-state index contributed by atoms with van der Waals surface area (Å²) in [5, 5.41) is 13.0. The summed E-state index contributed by atoms with van der Waals surface area (Å²) >= 11 is 1.98. The van der Waals surface area contributed by atoms with Gasteiger partial charge in [-0.25, -0.2) is 0 Å². The molecule has 0 aliphatic heterocycles. The molecule has 0 aliphatic rings. The molecule has 15 heavy (non-hydrogen) atoms. The van der Waals surface area contributed by atoms with E-state index in [1.165, 1.54) is 25.0 Å². The fraction of sp³-hybridized carbons (Fsp3) is 1.00. The van der Waals surface area contributed by atoms with Crippen LogP contribution in [0.25, 0.3) is 0 Å². The molecule has 0 radical (unpaired) electrons. The largest absolute Gasteiger partial charge is 0.396 e. The molecule has 2 unspecified atom stereocenters. The molecule has 92 valence electrons. The molecule has 0 amide bonds. The summed E-state index contributed by atoms with van der Waals surface area (Å²) in [6.45, 7) is 8.08. The lowest BCUT2D eigenvalue weighted by molar-refractivity contribution is 0.289. The van der Waals surface area contributed by atoms with E-state index in [2.05, 4.69) is 26.1 Å². The molecule has 2 atom stereocenters. The van der Waals surface area contributed by atoms with E-state index in [9.17, 15) is 0 Å². The van der Waals surface area contributed by atoms with Gasteiger partial charge in [-0.2, -0.15) is 11.8 Å². The van der Waals surface area contributed by atoms with Gasteiger partial charge in [-0.3, -0.25) is 0 Å². The Kier molecular flexibility index (Phi) is 11.0. The first kappa shape index (κ1) is 15.3. The first-order chi connectivity index (χ1) is 7.24. The minimum Gasteiger partial charge on any atom is -0.396 e. The van der Waals surface area contributed by atoms with Crippen molar-refractivity contribution >= 4 is 11.8 Å². The SMILES string of the molecule is CCCNC(CCC)CSC(C)CCO. The van der Waals surface area contributed by atoms with Crippen LogP contribution in [0.4, 0.5) is 0 Å². The highest BCUT2D eigenvalue weighted by Crippen LogP contribution is 2.16. The van der Waals surface area contributed by atoms with Crippen LogP contribution in [-0.2, 0) is 0 Å². The Labute approximate surface area is 99.2 Å². The normalized spacial score (nSPS) is 15.2. The van der Waals surface area contributed by atoms with Gasteiger partial charge in [0.1, 0.15) is 0 Å². The van der Waals surface area contributed by atoms with Crippen LogP contribution >= 0.6 is 11.8 Å². The van der Waals surface area contributed by atoms with E-state index < -0.39 is 0 Å². The van der Waals surface area contributed by atoms with Gasteiger partial charge >= 0.3 is 0 Å². The van der Waals surface area contributed by atoms with Crippen LogP contribution in [0.1, 0.15) is 46.5 Å². The van der Waals surface area contributed by atoms with Crippen LogP contribution in [0.3, 0.4) is 0 Å². The van der Waals surface area contributed by atoms with Gasteiger partial charge in [-0.1, -0.05) is 27.2 Å². The molecule has 0 aromatic rings. The highest BCUT2D eigenvalue weighted by atomic mass is 32.2. The van der Waals surface area contributed by atoms with Crippen molar-refractivity contribution in [2.45, 2.75) is 57.7 Å². The highest BCUT2D eigenvalue weighted by molar-refractivity contribution is 7.99. The fourth-order valence-electron chi connectivity index (χ4n) is 1.49. The third-order valence-electron chi connectivity index (χ3n) is 2.44. The van der Waals surface area contributed by atoms with Gasteiger partial charge in [0.2, 0.25) is 0 Å². The van der Waals surface area contributed by atoms with Gasteiger partial charge in [0.05, 0.1) is 0 Å². The number of rotatable bonds is 10. The van der Waals surface area contributed by atoms with Crippen LogP contribution in [0.5, 0.6) is 0 Å². The lowest BCUT2D eigenvalue weighted by atomic mass is 10.2. The van der Waals surface area contributed by atoms with E-state index in [1.54, 1.807) is 0 Å². The Bertz CT molecular complexity index is 133. The Hall–Kier alpha value is 0.270. The lowest BCUT2D eigenvalue weighted by Gasteiger charge is -2.19. The second kappa shape index (κ2) is 10.8. The van der Waals surface area contributed by atoms with Gasteiger partial charge in [-0.05, 0) is 25.8 Å². The molecule has 0 aromatic heterocycles. The van der Waals surface area contributed by atoms with Crippen LogP contribution in [-0.4, -0.2) is 35.3 Å². The number of aliphatic hydroxyl groups is 1. The quantitative estimate of drug-likeness (QED) is 0.608. The second-order valence-corrected chi connectivity index (χ2v) is 5.57. The molecule has 0 fully saturated rings. The van der Waals surface area contributed by atoms with Gasteiger partial charge in [0, 0.05) is 23.7 Å². The zero-order valence-electron chi connectivity index (χ0n) is 10.5. The number of thioether (sulfide) groups is 1. The Balaban J connectivity index is 3.63. The first-order valence-electron chi connectivity index (χ1n) is 6.20. The zero-order valence-corrected chi connectivity index (χ0v) is 11.3. The van der Waals surface area contributed by atoms with Crippen molar-refractivity contribution in [1.29, 1.82) is 0 Å². The van der Waals surface area contributed by atoms with Crippen LogP contribution in [0.15, 0.2) is 0 Å². The molecule has 0 saturated heterocycles. The topological polar surface area (TPSA) is 32.3 Å². The van der Waals surface area contributed by atoms with Crippen molar-refractivity contribution in [2.75, 3.05) is 18.9 Å². The second-order valence-electron chi connectivity index (χ2n) is 4.10. The van der Waals surface area contributed by atoms with Gasteiger partial charge in [0.15, 0.2) is 0 Å². The van der Waals surface area contributed by atoms with Gasteiger partial charge < -0.3 is 10.4 Å².